The number of aryl methyl sites for hydroxylation is 2. The van der Waals surface area contributed by atoms with E-state index >= 15 is 0 Å². The Hall–Kier alpha value is -2.82. The fourth-order valence-corrected chi connectivity index (χ4v) is 2.88. The third-order valence-corrected chi connectivity index (χ3v) is 3.94. The number of ether oxygens (including phenoxy) is 1. The number of carbonyl (C=O) groups is 2. The molecule has 2 aromatic carbocycles. The first-order valence-corrected chi connectivity index (χ1v) is 8.03. The van der Waals surface area contributed by atoms with E-state index in [1.54, 1.807) is 24.3 Å². The summed E-state index contributed by atoms with van der Waals surface area (Å²) in [7, 11) is 0. The summed E-state index contributed by atoms with van der Waals surface area (Å²) in [6.07, 6.45) is 3.36. The van der Waals surface area contributed by atoms with E-state index in [2.05, 4.69) is 16.7 Å². The van der Waals surface area contributed by atoms with Crippen LogP contribution in [0.3, 0.4) is 0 Å². The molecule has 24 heavy (non-hydrogen) atoms. The Morgan fingerprint density at radius 1 is 1.04 bits per heavy atom. The minimum absolute atomic E-state index is 0.117. The maximum atomic E-state index is 12.1. The highest BCUT2D eigenvalue weighted by Gasteiger charge is 2.12. The molecular formula is C19H20N2O3. The zero-order valence-corrected chi connectivity index (χ0v) is 13.6. The smallest absolute Gasteiger partial charge is 0.262 e. The van der Waals surface area contributed by atoms with Gasteiger partial charge in [0.1, 0.15) is 5.75 Å². The predicted molar refractivity (Wildman–Crippen MR) is 93.3 cm³/mol. The largest absolute Gasteiger partial charge is 0.482 e. The van der Waals surface area contributed by atoms with E-state index in [1.807, 2.05) is 12.1 Å². The standard InChI is InChI=1S/C19H20N2O3/c1-13(22)20-17-7-2-3-8-18(17)24-12-19(23)21-16-10-9-14-5-4-6-15(14)11-16/h2-3,7-11H,4-6,12H2,1H3,(H,20,22)(H,21,23). The maximum absolute atomic E-state index is 12.1. The molecule has 2 amide bonds. The van der Waals surface area contributed by atoms with Gasteiger partial charge < -0.3 is 15.4 Å². The average Bonchev–Trinajstić information content (AvgIpc) is 3.01. The summed E-state index contributed by atoms with van der Waals surface area (Å²) < 4.78 is 5.54. The lowest BCUT2D eigenvalue weighted by molar-refractivity contribution is -0.118. The molecule has 3 rings (SSSR count). The van der Waals surface area contributed by atoms with Crippen LogP contribution in [0.1, 0.15) is 24.5 Å². The molecule has 0 aliphatic heterocycles. The second-order valence-corrected chi connectivity index (χ2v) is 5.85. The molecule has 0 heterocycles. The number of hydrogen-bond acceptors (Lipinski definition) is 3. The number of fused-ring (bicyclic) bond motifs is 1. The number of anilines is 2. The molecule has 2 aromatic rings. The van der Waals surface area contributed by atoms with Crippen molar-refractivity contribution < 1.29 is 14.3 Å². The molecule has 0 spiro atoms. The van der Waals surface area contributed by atoms with Gasteiger partial charge in [0.05, 0.1) is 5.69 Å². The van der Waals surface area contributed by atoms with E-state index in [0.717, 1.165) is 18.5 Å². The Morgan fingerprint density at radius 3 is 2.67 bits per heavy atom. The zero-order valence-electron chi connectivity index (χ0n) is 13.6. The lowest BCUT2D eigenvalue weighted by Gasteiger charge is -2.12. The van der Waals surface area contributed by atoms with Crippen molar-refractivity contribution in [2.75, 3.05) is 17.2 Å². The first-order chi connectivity index (χ1) is 11.6. The topological polar surface area (TPSA) is 67.4 Å². The number of carbonyl (C=O) groups excluding carboxylic acids is 2. The van der Waals surface area contributed by atoms with E-state index in [-0.39, 0.29) is 18.4 Å². The highest BCUT2D eigenvalue weighted by Crippen LogP contribution is 2.25. The first kappa shape index (κ1) is 16.1. The van der Waals surface area contributed by atoms with Crippen molar-refractivity contribution in [3.63, 3.8) is 0 Å². The fraction of sp³-hybridized carbons (Fsp3) is 0.263. The minimum Gasteiger partial charge on any atom is -0.482 e. The van der Waals surface area contributed by atoms with Gasteiger partial charge in [0.25, 0.3) is 5.91 Å². The van der Waals surface area contributed by atoms with Crippen LogP contribution in [0.2, 0.25) is 0 Å². The number of para-hydroxylation sites is 2. The minimum atomic E-state index is -0.231. The molecule has 0 fully saturated rings. The first-order valence-electron chi connectivity index (χ1n) is 8.03. The van der Waals surface area contributed by atoms with Crippen LogP contribution in [0.4, 0.5) is 11.4 Å². The van der Waals surface area contributed by atoms with Crippen LogP contribution in [0.15, 0.2) is 42.5 Å². The average molecular weight is 324 g/mol. The van der Waals surface area contributed by atoms with Crippen molar-refractivity contribution in [3.8, 4) is 5.75 Å². The molecule has 5 nitrogen and oxygen atoms in total. The van der Waals surface area contributed by atoms with Gasteiger partial charge in [0.2, 0.25) is 5.91 Å². The van der Waals surface area contributed by atoms with Crippen molar-refractivity contribution in [3.05, 3.63) is 53.6 Å². The second kappa shape index (κ2) is 7.17. The number of hydrogen-bond donors (Lipinski definition) is 2. The third-order valence-electron chi connectivity index (χ3n) is 3.94. The summed E-state index contributed by atoms with van der Waals surface area (Å²) in [6, 6.07) is 13.1. The van der Waals surface area contributed by atoms with Crippen molar-refractivity contribution in [1.29, 1.82) is 0 Å². The molecule has 0 bridgehead atoms. The second-order valence-electron chi connectivity index (χ2n) is 5.85. The van der Waals surface area contributed by atoms with E-state index in [9.17, 15) is 9.59 Å². The molecule has 1 aliphatic carbocycles. The summed E-state index contributed by atoms with van der Waals surface area (Å²) in [5, 5.41) is 5.53. The van der Waals surface area contributed by atoms with Crippen molar-refractivity contribution >= 4 is 23.2 Å². The molecule has 1 aliphatic rings. The van der Waals surface area contributed by atoms with E-state index in [0.29, 0.717) is 11.4 Å². The van der Waals surface area contributed by atoms with Gasteiger partial charge in [0, 0.05) is 12.6 Å². The zero-order chi connectivity index (χ0) is 16.9. The van der Waals surface area contributed by atoms with Gasteiger partial charge in [0.15, 0.2) is 6.61 Å². The quantitative estimate of drug-likeness (QED) is 0.888. The highest BCUT2D eigenvalue weighted by molar-refractivity contribution is 5.93. The maximum Gasteiger partial charge on any atom is 0.262 e. The van der Waals surface area contributed by atoms with Gasteiger partial charge in [-0.1, -0.05) is 18.2 Å². The number of benzene rings is 2. The van der Waals surface area contributed by atoms with Crippen LogP contribution in [0.25, 0.3) is 0 Å². The third kappa shape index (κ3) is 3.93. The number of amides is 2. The van der Waals surface area contributed by atoms with Gasteiger partial charge in [-0.25, -0.2) is 0 Å². The molecule has 0 unspecified atom stereocenters. The van der Waals surface area contributed by atoms with Crippen molar-refractivity contribution in [2.45, 2.75) is 26.2 Å². The molecule has 0 radical (unpaired) electrons. The van der Waals surface area contributed by atoms with Gasteiger partial charge in [-0.05, 0) is 54.7 Å². The van der Waals surface area contributed by atoms with Gasteiger partial charge in [-0.15, -0.1) is 0 Å². The van der Waals surface area contributed by atoms with Gasteiger partial charge >= 0.3 is 0 Å². The van der Waals surface area contributed by atoms with Crippen LogP contribution in [-0.2, 0) is 22.4 Å². The Labute approximate surface area is 141 Å². The van der Waals surface area contributed by atoms with Crippen LogP contribution in [-0.4, -0.2) is 18.4 Å². The summed E-state index contributed by atoms with van der Waals surface area (Å²) in [5.74, 6) is 0.0519. The normalized spacial score (nSPS) is 12.4. The Bertz CT molecular complexity index is 771. The summed E-state index contributed by atoms with van der Waals surface area (Å²) in [6.45, 7) is 1.31. The molecule has 2 N–H and O–H groups in total. The van der Waals surface area contributed by atoms with E-state index in [1.165, 1.54) is 24.5 Å². The van der Waals surface area contributed by atoms with Gasteiger partial charge in [-0.2, -0.15) is 0 Å². The molecule has 0 saturated heterocycles. The molecule has 0 atom stereocenters. The molecule has 124 valence electrons. The van der Waals surface area contributed by atoms with E-state index < -0.39 is 0 Å². The number of rotatable bonds is 5. The molecular weight excluding hydrogens is 304 g/mol. The van der Waals surface area contributed by atoms with Crippen LogP contribution in [0.5, 0.6) is 5.75 Å². The molecule has 0 aromatic heterocycles. The lowest BCUT2D eigenvalue weighted by Crippen LogP contribution is -2.20. The SMILES string of the molecule is CC(=O)Nc1ccccc1OCC(=O)Nc1ccc2c(c1)CCC2. The lowest BCUT2D eigenvalue weighted by atomic mass is 10.1. The Balaban J connectivity index is 1.59. The predicted octanol–water partition coefficient (Wildman–Crippen LogP) is 3.15. The van der Waals surface area contributed by atoms with Gasteiger partial charge in [-0.3, -0.25) is 9.59 Å². The monoisotopic (exact) mass is 324 g/mol. The molecule has 5 heteroatoms. The summed E-state index contributed by atoms with van der Waals surface area (Å²) >= 11 is 0. The van der Waals surface area contributed by atoms with Crippen LogP contribution < -0.4 is 15.4 Å². The molecule has 0 saturated carbocycles. The number of nitrogens with one attached hydrogen (secondary N) is 2. The van der Waals surface area contributed by atoms with Crippen LogP contribution in [0, 0.1) is 0 Å². The summed E-state index contributed by atoms with van der Waals surface area (Å²) in [5.41, 5.74) is 4.02. The Kier molecular flexibility index (Phi) is 4.79. The highest BCUT2D eigenvalue weighted by atomic mass is 16.5. The fourth-order valence-electron chi connectivity index (χ4n) is 2.88. The van der Waals surface area contributed by atoms with Crippen molar-refractivity contribution in [2.24, 2.45) is 0 Å². The summed E-state index contributed by atoms with van der Waals surface area (Å²) in [4.78, 5) is 23.3. The Morgan fingerprint density at radius 2 is 1.83 bits per heavy atom. The van der Waals surface area contributed by atoms with Crippen molar-refractivity contribution in [1.82, 2.24) is 0 Å². The van der Waals surface area contributed by atoms with E-state index in [4.69, 9.17) is 4.74 Å². The van der Waals surface area contributed by atoms with Crippen LogP contribution >= 0.6 is 0 Å².